The van der Waals surface area contributed by atoms with Crippen molar-refractivity contribution in [2.75, 3.05) is 0 Å². The van der Waals surface area contributed by atoms with E-state index in [-0.39, 0.29) is 5.56 Å². The van der Waals surface area contributed by atoms with Crippen molar-refractivity contribution in [1.29, 1.82) is 0 Å². The first-order valence-corrected chi connectivity index (χ1v) is 10.7. The molecule has 1 atom stereocenters. The number of nitrogens with zero attached hydrogens (tertiary/aromatic N) is 5. The van der Waals surface area contributed by atoms with E-state index >= 15 is 0 Å². The summed E-state index contributed by atoms with van der Waals surface area (Å²) in [5.41, 5.74) is 1.15. The van der Waals surface area contributed by atoms with Gasteiger partial charge in [0.2, 0.25) is 0 Å². The first-order valence-electron chi connectivity index (χ1n) is 9.87. The zero-order valence-corrected chi connectivity index (χ0v) is 17.7. The molecule has 0 aliphatic heterocycles. The summed E-state index contributed by atoms with van der Waals surface area (Å²) in [6.45, 7) is 10.2. The minimum absolute atomic E-state index is 0.186. The molecule has 0 amide bonds. The van der Waals surface area contributed by atoms with Crippen LogP contribution in [0.2, 0.25) is 0 Å². The molecule has 0 bridgehead atoms. The number of allylic oxidation sites excluding steroid dienone is 1. The molecule has 3 aromatic rings. The van der Waals surface area contributed by atoms with E-state index < -0.39 is 5.60 Å². The molecule has 0 radical (unpaired) electrons. The molecule has 3 aromatic heterocycles. The van der Waals surface area contributed by atoms with Crippen LogP contribution in [0.4, 0.5) is 0 Å². The summed E-state index contributed by atoms with van der Waals surface area (Å²) in [6.07, 6.45) is 5.32. The van der Waals surface area contributed by atoms with Crippen LogP contribution >= 0.6 is 11.8 Å². The Labute approximate surface area is 173 Å². The van der Waals surface area contributed by atoms with Crippen LogP contribution in [0.1, 0.15) is 44.9 Å². The molecule has 0 aromatic carbocycles. The van der Waals surface area contributed by atoms with E-state index in [1.807, 2.05) is 19.1 Å². The normalized spacial score (nSPS) is 18.5. The van der Waals surface area contributed by atoms with E-state index in [0.29, 0.717) is 52.3 Å². The lowest BCUT2D eigenvalue weighted by atomic mass is 9.98. The maximum Gasteiger partial charge on any atom is 0.278 e. The molecule has 0 unspecified atom stereocenters. The summed E-state index contributed by atoms with van der Waals surface area (Å²) in [4.78, 5) is 26.8. The lowest BCUT2D eigenvalue weighted by Gasteiger charge is -2.21. The van der Waals surface area contributed by atoms with E-state index in [9.17, 15) is 9.90 Å². The first kappa shape index (κ1) is 19.8. The maximum absolute atomic E-state index is 13.0. The maximum atomic E-state index is 13.0. The fourth-order valence-corrected chi connectivity index (χ4v) is 4.48. The van der Waals surface area contributed by atoms with Gasteiger partial charge in [0.1, 0.15) is 11.0 Å². The molecule has 1 N–H and O–H groups in total. The van der Waals surface area contributed by atoms with Gasteiger partial charge < -0.3 is 5.11 Å². The molecule has 3 heterocycles. The molecule has 1 aliphatic carbocycles. The molecule has 152 valence electrons. The lowest BCUT2D eigenvalue weighted by Crippen LogP contribution is -2.25. The van der Waals surface area contributed by atoms with Crippen LogP contribution in [0, 0.1) is 0 Å². The Hall–Kier alpha value is -2.45. The van der Waals surface area contributed by atoms with Crippen molar-refractivity contribution in [3.05, 3.63) is 52.6 Å². The number of thioether (sulfide) groups is 1. The number of pyridine rings is 1. The van der Waals surface area contributed by atoms with Crippen LogP contribution in [0.5, 0.6) is 0 Å². The van der Waals surface area contributed by atoms with Gasteiger partial charge in [0.05, 0.1) is 12.2 Å². The summed E-state index contributed by atoms with van der Waals surface area (Å²) in [5.74, 6) is 0.561. The van der Waals surface area contributed by atoms with Crippen molar-refractivity contribution in [1.82, 2.24) is 24.3 Å². The smallest absolute Gasteiger partial charge is 0.278 e. The van der Waals surface area contributed by atoms with Crippen LogP contribution in [-0.4, -0.2) is 34.7 Å². The van der Waals surface area contributed by atoms with E-state index in [1.54, 1.807) is 33.4 Å². The molecule has 0 saturated heterocycles. The van der Waals surface area contributed by atoms with E-state index in [2.05, 4.69) is 30.4 Å². The molecular weight excluding hydrogens is 386 g/mol. The zero-order chi connectivity index (χ0) is 20.8. The van der Waals surface area contributed by atoms with E-state index in [4.69, 9.17) is 4.98 Å². The highest BCUT2D eigenvalue weighted by Crippen LogP contribution is 2.38. The average molecular weight is 412 g/mol. The molecule has 8 heteroatoms. The van der Waals surface area contributed by atoms with Gasteiger partial charge in [-0.1, -0.05) is 44.7 Å². The van der Waals surface area contributed by atoms with Gasteiger partial charge in [0.25, 0.3) is 5.56 Å². The van der Waals surface area contributed by atoms with Crippen molar-refractivity contribution < 1.29 is 5.11 Å². The molecule has 7 nitrogen and oxygen atoms in total. The highest BCUT2D eigenvalue weighted by Gasteiger charge is 2.37. The predicted molar refractivity (Wildman–Crippen MR) is 115 cm³/mol. The van der Waals surface area contributed by atoms with Crippen molar-refractivity contribution in [3.8, 4) is 5.82 Å². The Balaban J connectivity index is 1.97. The summed E-state index contributed by atoms with van der Waals surface area (Å²) in [5, 5.41) is 12.3. The number of aryl methyl sites for hydroxylation is 1. The highest BCUT2D eigenvalue weighted by atomic mass is 32.2. The Morgan fingerprint density at radius 2 is 2.17 bits per heavy atom. The minimum atomic E-state index is -0.925. The standard InChI is InChI=1S/C21H25N5O2S/c1-5-11-25-19(27)15-12-22-20(29-13(3)4)24-18(15)26(25)16-8-7-14-9-10-21(28,6-2)17(14)23-16/h5,7-8,12-13,28H,1,6,9-11H2,2-4H3/t21-/m0/s1. The Kier molecular flexibility index (Phi) is 5.08. The topological polar surface area (TPSA) is 85.8 Å². The summed E-state index contributed by atoms with van der Waals surface area (Å²) in [6, 6.07) is 3.88. The summed E-state index contributed by atoms with van der Waals surface area (Å²) >= 11 is 1.54. The third kappa shape index (κ3) is 3.30. The number of aromatic nitrogens is 5. The fraction of sp³-hybridized carbons (Fsp3) is 0.429. The van der Waals surface area contributed by atoms with Crippen LogP contribution in [-0.2, 0) is 18.6 Å². The fourth-order valence-electron chi connectivity index (χ4n) is 3.80. The quantitative estimate of drug-likeness (QED) is 0.381. The van der Waals surface area contributed by atoms with Gasteiger partial charge in [-0.05, 0) is 30.9 Å². The Morgan fingerprint density at radius 1 is 1.38 bits per heavy atom. The summed E-state index contributed by atoms with van der Waals surface area (Å²) < 4.78 is 3.28. The van der Waals surface area contributed by atoms with Gasteiger partial charge in [-0.15, -0.1) is 6.58 Å². The van der Waals surface area contributed by atoms with Crippen molar-refractivity contribution >= 4 is 22.8 Å². The number of fused-ring (bicyclic) bond motifs is 2. The van der Waals surface area contributed by atoms with Gasteiger partial charge in [-0.25, -0.2) is 24.3 Å². The Bertz CT molecular complexity index is 1150. The molecule has 0 saturated carbocycles. The molecule has 4 rings (SSSR count). The number of hydrogen-bond donors (Lipinski definition) is 1. The molecule has 1 aliphatic rings. The van der Waals surface area contributed by atoms with Gasteiger partial charge in [-0.2, -0.15) is 0 Å². The molecular formula is C21H25N5O2S. The first-order chi connectivity index (χ1) is 13.9. The van der Waals surface area contributed by atoms with E-state index in [0.717, 1.165) is 12.0 Å². The van der Waals surface area contributed by atoms with Crippen LogP contribution < -0.4 is 5.56 Å². The van der Waals surface area contributed by atoms with E-state index in [1.165, 1.54) is 0 Å². The minimum Gasteiger partial charge on any atom is -0.384 e. The van der Waals surface area contributed by atoms with Crippen molar-refractivity contribution in [3.63, 3.8) is 0 Å². The number of hydrogen-bond acceptors (Lipinski definition) is 6. The van der Waals surface area contributed by atoms with Crippen molar-refractivity contribution in [2.45, 2.75) is 62.6 Å². The second kappa shape index (κ2) is 7.42. The number of rotatable bonds is 6. The van der Waals surface area contributed by atoms with Gasteiger partial charge in [0.15, 0.2) is 16.6 Å². The van der Waals surface area contributed by atoms with Gasteiger partial charge in [-0.3, -0.25) is 4.79 Å². The molecule has 0 spiro atoms. The number of aliphatic hydroxyl groups is 1. The second-order valence-electron chi connectivity index (χ2n) is 7.61. The molecule has 0 fully saturated rings. The SMILES string of the molecule is C=CCn1c(=O)c2cnc(SC(C)C)nc2n1-c1ccc2c(n1)[C@](O)(CC)CC2. The van der Waals surface area contributed by atoms with Gasteiger partial charge in [0, 0.05) is 11.4 Å². The third-order valence-electron chi connectivity index (χ3n) is 5.31. The van der Waals surface area contributed by atoms with Crippen LogP contribution in [0.25, 0.3) is 16.9 Å². The van der Waals surface area contributed by atoms with Gasteiger partial charge >= 0.3 is 0 Å². The monoisotopic (exact) mass is 411 g/mol. The Morgan fingerprint density at radius 3 is 2.86 bits per heavy atom. The second-order valence-corrected chi connectivity index (χ2v) is 9.15. The zero-order valence-electron chi connectivity index (χ0n) is 16.9. The van der Waals surface area contributed by atoms with Crippen molar-refractivity contribution in [2.24, 2.45) is 0 Å². The van der Waals surface area contributed by atoms with Crippen LogP contribution in [0.3, 0.4) is 0 Å². The predicted octanol–water partition coefficient (Wildman–Crippen LogP) is 3.21. The average Bonchev–Trinajstić information content (AvgIpc) is 3.17. The largest absolute Gasteiger partial charge is 0.384 e. The molecule has 29 heavy (non-hydrogen) atoms. The van der Waals surface area contributed by atoms with Crippen LogP contribution in [0.15, 0.2) is 40.9 Å². The lowest BCUT2D eigenvalue weighted by molar-refractivity contribution is 0.0306. The summed E-state index contributed by atoms with van der Waals surface area (Å²) in [7, 11) is 0. The highest BCUT2D eigenvalue weighted by molar-refractivity contribution is 7.99. The third-order valence-corrected chi connectivity index (χ3v) is 6.19.